The second kappa shape index (κ2) is 4.99. The molecule has 0 aromatic carbocycles. The Morgan fingerprint density at radius 3 is 2.60 bits per heavy atom. The number of carbonyl (C=O) groups excluding carboxylic acids is 1. The average molecular weight is 139 g/mol. The molecule has 0 N–H and O–H groups in total. The lowest BCUT2D eigenvalue weighted by Gasteiger charge is -2.06. The third-order valence-corrected chi connectivity index (χ3v) is 1.67. The van der Waals surface area contributed by atoms with E-state index in [2.05, 4.69) is 0 Å². The molecule has 0 heterocycles. The van der Waals surface area contributed by atoms with Crippen LogP contribution in [0.25, 0.3) is 0 Å². The largest absolute Gasteiger partial charge is 0.300 e. The van der Waals surface area contributed by atoms with Gasteiger partial charge in [-0.1, -0.05) is 6.92 Å². The first kappa shape index (κ1) is 9.16. The Kier molecular flexibility index (Phi) is 4.57. The lowest BCUT2D eigenvalue weighted by Crippen LogP contribution is -2.08. The number of hydrogen-bond acceptors (Lipinski definition) is 2. The molecule has 0 fully saturated rings. The van der Waals surface area contributed by atoms with Crippen molar-refractivity contribution in [1.29, 1.82) is 5.26 Å². The summed E-state index contributed by atoms with van der Waals surface area (Å²) in [7, 11) is 0. The molecule has 0 aliphatic heterocycles. The van der Waals surface area contributed by atoms with Crippen LogP contribution in [0.15, 0.2) is 0 Å². The first-order chi connectivity index (χ1) is 4.72. The summed E-state index contributed by atoms with van der Waals surface area (Å²) >= 11 is 0. The van der Waals surface area contributed by atoms with Crippen LogP contribution in [0.1, 0.15) is 33.1 Å². The van der Waals surface area contributed by atoms with Crippen LogP contribution in [-0.2, 0) is 4.79 Å². The number of ketones is 1. The molecule has 0 aromatic rings. The predicted molar refractivity (Wildman–Crippen MR) is 39.3 cm³/mol. The van der Waals surface area contributed by atoms with Crippen LogP contribution in [0.4, 0.5) is 0 Å². The predicted octanol–water partition coefficient (Wildman–Crippen LogP) is 1.91. The molecule has 10 heavy (non-hydrogen) atoms. The van der Waals surface area contributed by atoms with Gasteiger partial charge in [0.15, 0.2) is 0 Å². The van der Waals surface area contributed by atoms with E-state index in [0.29, 0.717) is 6.42 Å². The summed E-state index contributed by atoms with van der Waals surface area (Å²) in [5, 5.41) is 8.23. The minimum atomic E-state index is 0.111. The van der Waals surface area contributed by atoms with Gasteiger partial charge in [-0.05, 0) is 19.8 Å². The summed E-state index contributed by atoms with van der Waals surface area (Å²) < 4.78 is 0. The minimum absolute atomic E-state index is 0.111. The van der Waals surface area contributed by atoms with Crippen molar-refractivity contribution in [1.82, 2.24) is 0 Å². The highest BCUT2D eigenvalue weighted by molar-refractivity contribution is 5.78. The summed E-state index contributed by atoms with van der Waals surface area (Å²) in [5.74, 6) is 0.317. The van der Waals surface area contributed by atoms with Crippen molar-refractivity contribution in [3.05, 3.63) is 0 Å². The van der Waals surface area contributed by atoms with Gasteiger partial charge in [-0.25, -0.2) is 0 Å². The number of nitrogens with zero attached hydrogens (tertiary/aromatic N) is 1. The van der Waals surface area contributed by atoms with Crippen LogP contribution in [0.2, 0.25) is 0 Å². The van der Waals surface area contributed by atoms with Gasteiger partial charge in [0.1, 0.15) is 5.78 Å². The highest BCUT2D eigenvalue weighted by atomic mass is 16.1. The van der Waals surface area contributed by atoms with Gasteiger partial charge in [0, 0.05) is 12.3 Å². The first-order valence-electron chi connectivity index (χ1n) is 3.59. The fraction of sp³-hybridized carbons (Fsp3) is 0.750. The molecule has 0 aromatic heterocycles. The number of hydrogen-bond donors (Lipinski definition) is 0. The van der Waals surface area contributed by atoms with Crippen LogP contribution in [0, 0.1) is 17.2 Å². The zero-order valence-corrected chi connectivity index (χ0v) is 6.55. The Bertz CT molecular complexity index is 146. The van der Waals surface area contributed by atoms with Crippen LogP contribution in [-0.4, -0.2) is 5.78 Å². The zero-order chi connectivity index (χ0) is 7.98. The quantitative estimate of drug-likeness (QED) is 0.597. The lowest BCUT2D eigenvalue weighted by atomic mass is 9.97. The fourth-order valence-corrected chi connectivity index (χ4v) is 0.934. The van der Waals surface area contributed by atoms with Gasteiger partial charge in [-0.2, -0.15) is 5.26 Å². The molecule has 0 saturated carbocycles. The van der Waals surface area contributed by atoms with Crippen LogP contribution in [0.5, 0.6) is 0 Å². The van der Waals surface area contributed by atoms with Crippen molar-refractivity contribution in [3.63, 3.8) is 0 Å². The Labute approximate surface area is 61.8 Å². The van der Waals surface area contributed by atoms with Crippen LogP contribution in [0.3, 0.4) is 0 Å². The van der Waals surface area contributed by atoms with Gasteiger partial charge in [-0.3, -0.25) is 4.79 Å². The van der Waals surface area contributed by atoms with Gasteiger partial charge in [0.2, 0.25) is 0 Å². The Morgan fingerprint density at radius 2 is 2.30 bits per heavy atom. The number of carbonyl (C=O) groups is 1. The molecule has 1 atom stereocenters. The number of nitriles is 1. The third kappa shape index (κ3) is 3.24. The van der Waals surface area contributed by atoms with Crippen molar-refractivity contribution < 1.29 is 4.79 Å². The number of Topliss-reactive ketones (excluding diaryl/α,β-unsaturated/α-hetero) is 1. The van der Waals surface area contributed by atoms with E-state index in [0.717, 1.165) is 12.8 Å². The number of rotatable bonds is 4. The topological polar surface area (TPSA) is 40.9 Å². The van der Waals surface area contributed by atoms with Crippen molar-refractivity contribution in [3.8, 4) is 6.07 Å². The normalized spacial score (nSPS) is 12.1. The molecule has 2 nitrogen and oxygen atoms in total. The average Bonchev–Trinajstić information content (AvgIpc) is 1.89. The van der Waals surface area contributed by atoms with Gasteiger partial charge in [0.05, 0.1) is 6.07 Å². The molecule has 0 aliphatic rings. The standard InChI is InChI=1S/C8H13NO/c1-3-8(7(2)10)5-4-6-9/h8H,3-5H2,1-2H3/t8-/m0/s1. The molecule has 0 bridgehead atoms. The first-order valence-corrected chi connectivity index (χ1v) is 3.59. The zero-order valence-electron chi connectivity index (χ0n) is 6.55. The Hall–Kier alpha value is -0.840. The van der Waals surface area contributed by atoms with Crippen molar-refractivity contribution in [2.24, 2.45) is 5.92 Å². The molecule has 0 spiro atoms. The second-order valence-corrected chi connectivity index (χ2v) is 2.41. The lowest BCUT2D eigenvalue weighted by molar-refractivity contribution is -0.120. The maximum absolute atomic E-state index is 10.8. The van der Waals surface area contributed by atoms with E-state index in [4.69, 9.17) is 5.26 Å². The summed E-state index contributed by atoms with van der Waals surface area (Å²) in [5.41, 5.74) is 0. The van der Waals surface area contributed by atoms with E-state index in [9.17, 15) is 4.79 Å². The summed E-state index contributed by atoms with van der Waals surface area (Å²) in [6.45, 7) is 3.56. The Morgan fingerprint density at radius 1 is 1.70 bits per heavy atom. The molecule has 0 saturated heterocycles. The summed E-state index contributed by atoms with van der Waals surface area (Å²) in [6, 6.07) is 2.04. The van der Waals surface area contributed by atoms with Gasteiger partial charge in [0.25, 0.3) is 0 Å². The van der Waals surface area contributed by atoms with Gasteiger partial charge in [-0.15, -0.1) is 0 Å². The highest BCUT2D eigenvalue weighted by Crippen LogP contribution is 2.10. The highest BCUT2D eigenvalue weighted by Gasteiger charge is 2.09. The second-order valence-electron chi connectivity index (χ2n) is 2.41. The van der Waals surface area contributed by atoms with Crippen LogP contribution >= 0.6 is 0 Å². The molecule has 0 amide bonds. The van der Waals surface area contributed by atoms with Crippen molar-refractivity contribution >= 4 is 5.78 Å². The van der Waals surface area contributed by atoms with E-state index in [1.54, 1.807) is 6.92 Å². The van der Waals surface area contributed by atoms with E-state index in [1.807, 2.05) is 13.0 Å². The molecular weight excluding hydrogens is 126 g/mol. The molecule has 2 heteroatoms. The summed E-state index contributed by atoms with van der Waals surface area (Å²) in [6.07, 6.45) is 2.08. The van der Waals surface area contributed by atoms with E-state index in [-0.39, 0.29) is 11.7 Å². The van der Waals surface area contributed by atoms with E-state index < -0.39 is 0 Å². The molecular formula is C8H13NO. The molecule has 0 radical (unpaired) electrons. The maximum atomic E-state index is 10.8. The molecule has 0 unspecified atom stereocenters. The monoisotopic (exact) mass is 139 g/mol. The fourth-order valence-electron chi connectivity index (χ4n) is 0.934. The molecule has 56 valence electrons. The van der Waals surface area contributed by atoms with Gasteiger partial charge < -0.3 is 0 Å². The minimum Gasteiger partial charge on any atom is -0.300 e. The van der Waals surface area contributed by atoms with E-state index >= 15 is 0 Å². The van der Waals surface area contributed by atoms with Gasteiger partial charge >= 0.3 is 0 Å². The smallest absolute Gasteiger partial charge is 0.132 e. The molecule has 0 rings (SSSR count). The molecule has 0 aliphatic carbocycles. The maximum Gasteiger partial charge on any atom is 0.132 e. The van der Waals surface area contributed by atoms with Crippen molar-refractivity contribution in [2.45, 2.75) is 33.1 Å². The third-order valence-electron chi connectivity index (χ3n) is 1.67. The summed E-state index contributed by atoms with van der Waals surface area (Å²) in [4.78, 5) is 10.8. The Balaban J connectivity index is 3.63. The van der Waals surface area contributed by atoms with Crippen molar-refractivity contribution in [2.75, 3.05) is 0 Å². The van der Waals surface area contributed by atoms with Crippen LogP contribution < -0.4 is 0 Å². The van der Waals surface area contributed by atoms with E-state index in [1.165, 1.54) is 0 Å². The SMILES string of the molecule is CC[C@@H](CCC#N)C(C)=O.